The Morgan fingerprint density at radius 3 is 1.80 bits per heavy atom. The van der Waals surface area contributed by atoms with Crippen molar-refractivity contribution in [2.45, 2.75) is 26.2 Å². The average Bonchev–Trinajstić information content (AvgIpc) is 2.49. The minimum atomic E-state index is -4.94. The fourth-order valence-corrected chi connectivity index (χ4v) is 2.13. The van der Waals surface area contributed by atoms with Crippen LogP contribution in [0.25, 0.3) is 0 Å². The van der Waals surface area contributed by atoms with Crippen LogP contribution >= 0.6 is 0 Å². The van der Waals surface area contributed by atoms with Crippen molar-refractivity contribution < 1.29 is 31.4 Å². The predicted octanol–water partition coefficient (Wildman–Crippen LogP) is 5.80. The standard InChI is InChI=1S/C17H13F6NO/c1-9-3-4-10(2)15(25)14(9)8-24-13-6-11(16(18,19)20)5-12(7-13)17(21,22)23/h3-8,25H,1-2H3. The Morgan fingerprint density at radius 1 is 0.840 bits per heavy atom. The smallest absolute Gasteiger partial charge is 0.416 e. The van der Waals surface area contributed by atoms with Gasteiger partial charge in [-0.3, -0.25) is 4.99 Å². The first-order valence-electron chi connectivity index (χ1n) is 7.02. The summed E-state index contributed by atoms with van der Waals surface area (Å²) in [5.41, 5.74) is -2.09. The quantitative estimate of drug-likeness (QED) is 0.532. The molecule has 0 heterocycles. The molecule has 2 aromatic rings. The number of aliphatic imine (C=N–C) groups is 1. The molecule has 0 radical (unpaired) electrons. The molecule has 0 aliphatic rings. The number of hydrogen-bond donors (Lipinski definition) is 1. The molecule has 134 valence electrons. The van der Waals surface area contributed by atoms with Crippen molar-refractivity contribution in [3.63, 3.8) is 0 Å². The molecule has 0 saturated heterocycles. The van der Waals surface area contributed by atoms with E-state index in [-0.39, 0.29) is 17.4 Å². The fraction of sp³-hybridized carbons (Fsp3) is 0.235. The third-order valence-electron chi connectivity index (χ3n) is 3.55. The van der Waals surface area contributed by atoms with Crippen molar-refractivity contribution in [3.05, 3.63) is 58.1 Å². The number of alkyl halides is 6. The second kappa shape index (κ2) is 6.42. The highest BCUT2D eigenvalue weighted by atomic mass is 19.4. The third kappa shape index (κ3) is 4.32. The van der Waals surface area contributed by atoms with Crippen LogP contribution in [0.15, 0.2) is 35.3 Å². The van der Waals surface area contributed by atoms with E-state index in [0.29, 0.717) is 23.3 Å². The van der Waals surface area contributed by atoms with Crippen LogP contribution in [0.5, 0.6) is 5.75 Å². The predicted molar refractivity (Wildman–Crippen MR) is 81.3 cm³/mol. The highest BCUT2D eigenvalue weighted by Crippen LogP contribution is 2.38. The first kappa shape index (κ1) is 18.8. The van der Waals surface area contributed by atoms with E-state index in [1.807, 2.05) is 0 Å². The van der Waals surface area contributed by atoms with Crippen LogP contribution in [0.4, 0.5) is 32.0 Å². The molecule has 0 atom stereocenters. The molecular weight excluding hydrogens is 348 g/mol. The van der Waals surface area contributed by atoms with Crippen LogP contribution < -0.4 is 0 Å². The number of hydrogen-bond acceptors (Lipinski definition) is 2. The summed E-state index contributed by atoms with van der Waals surface area (Å²) in [6, 6.07) is 4.37. The highest BCUT2D eigenvalue weighted by Gasteiger charge is 2.36. The lowest BCUT2D eigenvalue weighted by molar-refractivity contribution is -0.143. The third-order valence-corrected chi connectivity index (χ3v) is 3.55. The minimum absolute atomic E-state index is 0.0361. The molecule has 2 nitrogen and oxygen atoms in total. The first-order valence-corrected chi connectivity index (χ1v) is 7.02. The van der Waals surface area contributed by atoms with Crippen LogP contribution in [0.2, 0.25) is 0 Å². The van der Waals surface area contributed by atoms with Gasteiger partial charge in [0.25, 0.3) is 0 Å². The Balaban J connectivity index is 2.55. The summed E-state index contributed by atoms with van der Waals surface area (Å²) in [7, 11) is 0. The largest absolute Gasteiger partial charge is 0.507 e. The summed E-state index contributed by atoms with van der Waals surface area (Å²) in [5, 5.41) is 9.97. The topological polar surface area (TPSA) is 32.6 Å². The number of rotatable bonds is 2. The van der Waals surface area contributed by atoms with Crippen molar-refractivity contribution in [1.82, 2.24) is 0 Å². The minimum Gasteiger partial charge on any atom is -0.507 e. The molecule has 0 aliphatic heterocycles. The summed E-state index contributed by atoms with van der Waals surface area (Å²) < 4.78 is 76.9. The van der Waals surface area contributed by atoms with Gasteiger partial charge in [-0.1, -0.05) is 12.1 Å². The zero-order valence-corrected chi connectivity index (χ0v) is 13.1. The summed E-state index contributed by atoms with van der Waals surface area (Å²) >= 11 is 0. The van der Waals surface area contributed by atoms with Crippen LogP contribution in [-0.4, -0.2) is 11.3 Å². The molecule has 0 aliphatic carbocycles. The zero-order valence-electron chi connectivity index (χ0n) is 13.1. The van der Waals surface area contributed by atoms with Gasteiger partial charge in [0, 0.05) is 11.8 Å². The van der Waals surface area contributed by atoms with Crippen molar-refractivity contribution in [1.29, 1.82) is 0 Å². The van der Waals surface area contributed by atoms with Crippen LogP contribution in [0.3, 0.4) is 0 Å². The van der Waals surface area contributed by atoms with Gasteiger partial charge in [-0.2, -0.15) is 26.3 Å². The Kier molecular flexibility index (Phi) is 4.83. The molecule has 0 fully saturated rings. The molecule has 2 aromatic carbocycles. The van der Waals surface area contributed by atoms with Crippen molar-refractivity contribution in [2.24, 2.45) is 4.99 Å². The van der Waals surface area contributed by atoms with E-state index in [9.17, 15) is 31.4 Å². The monoisotopic (exact) mass is 361 g/mol. The second-order valence-electron chi connectivity index (χ2n) is 5.48. The van der Waals surface area contributed by atoms with Gasteiger partial charge in [0.1, 0.15) is 5.75 Å². The number of aryl methyl sites for hydroxylation is 2. The van der Waals surface area contributed by atoms with Gasteiger partial charge in [-0.15, -0.1) is 0 Å². The Labute approximate surface area is 139 Å². The first-order chi connectivity index (χ1) is 11.4. The van der Waals surface area contributed by atoms with Gasteiger partial charge in [0.15, 0.2) is 0 Å². The summed E-state index contributed by atoms with van der Waals surface area (Å²) in [6.45, 7) is 3.24. The van der Waals surface area contributed by atoms with Crippen molar-refractivity contribution in [2.75, 3.05) is 0 Å². The lowest BCUT2D eigenvalue weighted by Gasteiger charge is -2.12. The molecule has 0 unspecified atom stereocenters. The lowest BCUT2D eigenvalue weighted by Crippen LogP contribution is -2.10. The van der Waals surface area contributed by atoms with E-state index < -0.39 is 29.2 Å². The van der Waals surface area contributed by atoms with E-state index in [0.717, 1.165) is 6.21 Å². The summed E-state index contributed by atoms with van der Waals surface area (Å²) in [4.78, 5) is 3.70. The van der Waals surface area contributed by atoms with Crippen LogP contribution in [0, 0.1) is 13.8 Å². The maximum absolute atomic E-state index is 12.8. The number of nitrogens with zero attached hydrogens (tertiary/aromatic N) is 1. The summed E-state index contributed by atoms with van der Waals surface area (Å²) in [5.74, 6) is -0.133. The second-order valence-corrected chi connectivity index (χ2v) is 5.48. The molecule has 0 spiro atoms. The van der Waals surface area contributed by atoms with Crippen molar-refractivity contribution >= 4 is 11.9 Å². The Bertz CT molecular complexity index is 789. The van der Waals surface area contributed by atoms with Gasteiger partial charge in [0.2, 0.25) is 0 Å². The molecule has 0 bridgehead atoms. The zero-order chi connectivity index (χ0) is 19.0. The number of phenolic OH excluding ortho intramolecular Hbond substituents is 1. The molecular formula is C17H13F6NO. The van der Waals surface area contributed by atoms with E-state index >= 15 is 0 Å². The number of halogens is 6. The summed E-state index contributed by atoms with van der Waals surface area (Å²) in [6.07, 6.45) is -8.83. The average molecular weight is 361 g/mol. The molecule has 2 rings (SSSR count). The van der Waals surface area contributed by atoms with E-state index in [1.165, 1.54) is 0 Å². The molecule has 8 heteroatoms. The van der Waals surface area contributed by atoms with Crippen LogP contribution in [-0.2, 0) is 12.4 Å². The van der Waals surface area contributed by atoms with E-state index in [2.05, 4.69) is 4.99 Å². The molecule has 25 heavy (non-hydrogen) atoms. The molecule has 0 amide bonds. The number of aromatic hydroxyl groups is 1. The highest BCUT2D eigenvalue weighted by molar-refractivity contribution is 5.87. The van der Waals surface area contributed by atoms with Crippen LogP contribution in [0.1, 0.15) is 27.8 Å². The van der Waals surface area contributed by atoms with Gasteiger partial charge in [0.05, 0.1) is 16.8 Å². The van der Waals surface area contributed by atoms with Gasteiger partial charge >= 0.3 is 12.4 Å². The molecule has 0 saturated carbocycles. The Hall–Kier alpha value is -2.51. The number of benzene rings is 2. The van der Waals surface area contributed by atoms with E-state index in [1.54, 1.807) is 26.0 Å². The van der Waals surface area contributed by atoms with Gasteiger partial charge < -0.3 is 5.11 Å². The van der Waals surface area contributed by atoms with Gasteiger partial charge in [-0.25, -0.2) is 0 Å². The maximum atomic E-state index is 12.8. The fourth-order valence-electron chi connectivity index (χ4n) is 2.13. The molecule has 1 N–H and O–H groups in total. The lowest BCUT2D eigenvalue weighted by atomic mass is 10.0. The SMILES string of the molecule is Cc1ccc(C)c(C=Nc2cc(C(F)(F)F)cc(C(F)(F)F)c2)c1O. The number of phenols is 1. The van der Waals surface area contributed by atoms with E-state index in [4.69, 9.17) is 0 Å². The molecule has 0 aromatic heterocycles. The maximum Gasteiger partial charge on any atom is 0.416 e. The Morgan fingerprint density at radius 2 is 1.32 bits per heavy atom. The normalized spacial score (nSPS) is 12.8. The van der Waals surface area contributed by atoms with Gasteiger partial charge in [-0.05, 0) is 43.2 Å². The van der Waals surface area contributed by atoms with Crippen molar-refractivity contribution in [3.8, 4) is 5.75 Å².